The molecule has 100 valence electrons. The molecular weight excluding hydrogens is 312 g/mol. The molecule has 0 aliphatic heterocycles. The van der Waals surface area contributed by atoms with E-state index >= 15 is 0 Å². The summed E-state index contributed by atoms with van der Waals surface area (Å²) in [5.41, 5.74) is 5.94. The number of ether oxygens (including phenoxy) is 2. The van der Waals surface area contributed by atoms with E-state index in [9.17, 15) is 0 Å². The zero-order valence-corrected chi connectivity index (χ0v) is 11.9. The van der Waals surface area contributed by atoms with Crippen LogP contribution in [0.25, 0.3) is 0 Å². The van der Waals surface area contributed by atoms with Crippen molar-refractivity contribution in [2.75, 3.05) is 12.8 Å². The summed E-state index contributed by atoms with van der Waals surface area (Å²) in [7, 11) is 1.44. The Labute approximate surface area is 124 Å². The summed E-state index contributed by atoms with van der Waals surface area (Å²) < 4.78 is 10.4. The first-order valence-corrected chi connectivity index (χ1v) is 6.13. The van der Waals surface area contributed by atoms with Gasteiger partial charge in [0.1, 0.15) is 12.1 Å². The van der Waals surface area contributed by atoms with Crippen molar-refractivity contribution in [3.8, 4) is 17.5 Å². The Morgan fingerprint density at radius 3 is 2.32 bits per heavy atom. The minimum absolute atomic E-state index is 0.118. The topological polar surface area (TPSA) is 70.3 Å². The molecule has 0 aliphatic carbocycles. The predicted octanol–water partition coefficient (Wildman–Crippen LogP) is 3.82. The fourth-order valence-electron chi connectivity index (χ4n) is 1.29. The van der Waals surface area contributed by atoms with E-state index in [4.69, 9.17) is 50.0 Å². The van der Waals surface area contributed by atoms with Crippen LogP contribution < -0.4 is 15.2 Å². The molecule has 0 saturated heterocycles. The molecule has 1 aromatic heterocycles. The molecule has 0 radical (unpaired) electrons. The summed E-state index contributed by atoms with van der Waals surface area (Å²) in [5.74, 6) is 0.608. The van der Waals surface area contributed by atoms with Crippen LogP contribution in [0.4, 0.5) is 5.69 Å². The molecule has 8 heteroatoms. The lowest BCUT2D eigenvalue weighted by Crippen LogP contribution is -2.00. The summed E-state index contributed by atoms with van der Waals surface area (Å²) in [5, 5.41) is 0.916. The fourth-order valence-corrected chi connectivity index (χ4v) is 1.87. The summed E-state index contributed by atoms with van der Waals surface area (Å²) in [6, 6.07) is 2.94. The SMILES string of the molecule is COc1ncnc(Oc2cc(Cl)c(Cl)cc2Cl)c1N. The zero-order chi connectivity index (χ0) is 14.0. The Morgan fingerprint density at radius 2 is 1.63 bits per heavy atom. The lowest BCUT2D eigenvalue weighted by Gasteiger charge is -2.11. The molecule has 2 aromatic rings. The van der Waals surface area contributed by atoms with Gasteiger partial charge in [-0.25, -0.2) is 0 Å². The van der Waals surface area contributed by atoms with Gasteiger partial charge in [0.25, 0.3) is 0 Å². The Hall–Kier alpha value is -1.43. The molecule has 1 aromatic carbocycles. The highest BCUT2D eigenvalue weighted by molar-refractivity contribution is 6.43. The van der Waals surface area contributed by atoms with Crippen LogP contribution >= 0.6 is 34.8 Å². The van der Waals surface area contributed by atoms with Gasteiger partial charge in [-0.1, -0.05) is 34.8 Å². The van der Waals surface area contributed by atoms with E-state index in [1.54, 1.807) is 0 Å². The van der Waals surface area contributed by atoms with Gasteiger partial charge in [-0.2, -0.15) is 9.97 Å². The van der Waals surface area contributed by atoms with Gasteiger partial charge < -0.3 is 15.2 Å². The van der Waals surface area contributed by atoms with Crippen LogP contribution in [0.2, 0.25) is 15.1 Å². The van der Waals surface area contributed by atoms with Crippen molar-refractivity contribution >= 4 is 40.5 Å². The number of nitrogens with zero attached hydrogens (tertiary/aromatic N) is 2. The first-order valence-electron chi connectivity index (χ1n) is 4.99. The molecule has 0 spiro atoms. The largest absolute Gasteiger partial charge is 0.479 e. The highest BCUT2D eigenvalue weighted by Gasteiger charge is 2.14. The molecule has 0 saturated carbocycles. The van der Waals surface area contributed by atoms with Crippen LogP contribution in [0.15, 0.2) is 18.5 Å². The Bertz CT molecular complexity index is 622. The normalized spacial score (nSPS) is 10.3. The van der Waals surface area contributed by atoms with E-state index in [1.165, 1.54) is 25.6 Å². The van der Waals surface area contributed by atoms with Crippen molar-refractivity contribution in [2.24, 2.45) is 0 Å². The number of methoxy groups -OCH3 is 1. The van der Waals surface area contributed by atoms with Gasteiger partial charge in [-0.05, 0) is 6.07 Å². The number of hydrogen-bond donors (Lipinski definition) is 1. The molecule has 19 heavy (non-hydrogen) atoms. The minimum Gasteiger partial charge on any atom is -0.479 e. The standard InChI is InChI=1S/C11H8Cl3N3O2/c1-18-10-9(15)11(17-4-16-10)19-8-3-6(13)5(12)2-7(8)14/h2-4H,15H2,1H3. The second-order valence-electron chi connectivity index (χ2n) is 3.40. The number of nitrogens with two attached hydrogens (primary N) is 1. The second kappa shape index (κ2) is 5.69. The number of hydrogen-bond acceptors (Lipinski definition) is 5. The molecule has 5 nitrogen and oxygen atoms in total. The van der Waals surface area contributed by atoms with Gasteiger partial charge in [0.15, 0.2) is 5.69 Å². The Balaban J connectivity index is 2.39. The van der Waals surface area contributed by atoms with Crippen molar-refractivity contribution in [1.29, 1.82) is 0 Å². The van der Waals surface area contributed by atoms with Crippen LogP contribution in [-0.2, 0) is 0 Å². The molecule has 0 bridgehead atoms. The van der Waals surface area contributed by atoms with Gasteiger partial charge >= 0.3 is 0 Å². The quantitative estimate of drug-likeness (QED) is 0.871. The van der Waals surface area contributed by atoms with E-state index in [0.717, 1.165) is 0 Å². The van der Waals surface area contributed by atoms with Crippen molar-refractivity contribution < 1.29 is 9.47 Å². The summed E-state index contributed by atoms with van der Waals surface area (Å²) in [6.07, 6.45) is 1.26. The lowest BCUT2D eigenvalue weighted by atomic mass is 10.3. The highest BCUT2D eigenvalue weighted by atomic mass is 35.5. The maximum absolute atomic E-state index is 5.99. The molecule has 0 amide bonds. The van der Waals surface area contributed by atoms with Crippen molar-refractivity contribution in [2.45, 2.75) is 0 Å². The number of nitrogen functional groups attached to an aromatic ring is 1. The van der Waals surface area contributed by atoms with Gasteiger partial charge in [0.05, 0.1) is 22.2 Å². The number of aromatic nitrogens is 2. The minimum atomic E-state index is 0.118. The van der Waals surface area contributed by atoms with E-state index < -0.39 is 0 Å². The monoisotopic (exact) mass is 319 g/mol. The number of rotatable bonds is 3. The zero-order valence-electron chi connectivity index (χ0n) is 9.65. The first kappa shape index (κ1) is 14.0. The summed E-state index contributed by atoms with van der Waals surface area (Å²) in [4.78, 5) is 7.74. The Morgan fingerprint density at radius 1 is 1.00 bits per heavy atom. The van der Waals surface area contributed by atoms with Gasteiger partial charge in [0.2, 0.25) is 11.8 Å². The molecule has 1 heterocycles. The van der Waals surface area contributed by atoms with E-state index in [1.807, 2.05) is 0 Å². The molecule has 0 unspecified atom stereocenters. The van der Waals surface area contributed by atoms with Gasteiger partial charge in [0, 0.05) is 6.07 Å². The van der Waals surface area contributed by atoms with E-state index in [2.05, 4.69) is 9.97 Å². The van der Waals surface area contributed by atoms with Crippen molar-refractivity contribution in [3.63, 3.8) is 0 Å². The predicted molar refractivity (Wildman–Crippen MR) is 74.5 cm³/mol. The smallest absolute Gasteiger partial charge is 0.249 e. The highest BCUT2D eigenvalue weighted by Crippen LogP contribution is 2.38. The fraction of sp³-hybridized carbons (Fsp3) is 0.0909. The maximum atomic E-state index is 5.99. The van der Waals surface area contributed by atoms with Crippen molar-refractivity contribution in [1.82, 2.24) is 9.97 Å². The third-order valence-corrected chi connectivity index (χ3v) is 3.20. The van der Waals surface area contributed by atoms with Gasteiger partial charge in [-0.3, -0.25) is 0 Å². The molecule has 0 atom stereocenters. The molecular formula is C11H8Cl3N3O2. The number of anilines is 1. The van der Waals surface area contributed by atoms with E-state index in [0.29, 0.717) is 10.0 Å². The van der Waals surface area contributed by atoms with Crippen LogP contribution in [0, 0.1) is 0 Å². The molecule has 0 fully saturated rings. The summed E-state index contributed by atoms with van der Waals surface area (Å²) in [6.45, 7) is 0. The summed E-state index contributed by atoms with van der Waals surface area (Å²) >= 11 is 17.7. The lowest BCUT2D eigenvalue weighted by molar-refractivity contribution is 0.391. The third-order valence-electron chi connectivity index (χ3n) is 2.19. The maximum Gasteiger partial charge on any atom is 0.249 e. The average Bonchev–Trinajstić information content (AvgIpc) is 2.38. The first-order chi connectivity index (χ1) is 9.02. The Kier molecular flexibility index (Phi) is 4.19. The van der Waals surface area contributed by atoms with Crippen LogP contribution in [0.3, 0.4) is 0 Å². The molecule has 0 aliphatic rings. The third kappa shape index (κ3) is 2.94. The number of benzene rings is 1. The van der Waals surface area contributed by atoms with E-state index in [-0.39, 0.29) is 28.2 Å². The molecule has 2 rings (SSSR count). The second-order valence-corrected chi connectivity index (χ2v) is 4.62. The van der Waals surface area contributed by atoms with Crippen molar-refractivity contribution in [3.05, 3.63) is 33.5 Å². The van der Waals surface area contributed by atoms with Crippen LogP contribution in [0.1, 0.15) is 0 Å². The van der Waals surface area contributed by atoms with Crippen LogP contribution in [-0.4, -0.2) is 17.1 Å². The van der Waals surface area contributed by atoms with Gasteiger partial charge in [-0.15, -0.1) is 0 Å². The average molecular weight is 321 g/mol. The number of halogens is 3. The molecule has 2 N–H and O–H groups in total. The van der Waals surface area contributed by atoms with Crippen LogP contribution in [0.5, 0.6) is 17.5 Å².